The lowest BCUT2D eigenvalue weighted by atomic mass is 10.3. The minimum absolute atomic E-state index is 0.00964. The van der Waals surface area contributed by atoms with Crippen LogP contribution >= 0.6 is 23.4 Å². The molecule has 0 saturated heterocycles. The number of thioether (sulfide) groups is 1. The second-order valence-electron chi connectivity index (χ2n) is 5.27. The van der Waals surface area contributed by atoms with Gasteiger partial charge in [-0.15, -0.1) is 0 Å². The van der Waals surface area contributed by atoms with E-state index < -0.39 is 29.0 Å². The van der Waals surface area contributed by atoms with Crippen LogP contribution in [0.5, 0.6) is 0 Å². The number of hydrogen-bond donors (Lipinski definition) is 2. The predicted octanol–water partition coefficient (Wildman–Crippen LogP) is 1.98. The molecule has 152 valence electrons. The van der Waals surface area contributed by atoms with Gasteiger partial charge in [0.25, 0.3) is 5.56 Å². The summed E-state index contributed by atoms with van der Waals surface area (Å²) in [5.74, 6) is -0.597. The van der Waals surface area contributed by atoms with Gasteiger partial charge in [0.1, 0.15) is 5.82 Å². The highest BCUT2D eigenvalue weighted by atomic mass is 35.5. The molecule has 2 rings (SSSR count). The Morgan fingerprint density at radius 2 is 2.11 bits per heavy atom. The molecule has 0 aliphatic rings. The molecule has 0 atom stereocenters. The second-order valence-corrected chi connectivity index (χ2v) is 6.70. The maximum Gasteiger partial charge on any atom is 0.417 e. The van der Waals surface area contributed by atoms with E-state index in [9.17, 15) is 27.6 Å². The number of methoxy groups -OCH3 is 1. The Morgan fingerprint density at radius 1 is 1.39 bits per heavy atom. The van der Waals surface area contributed by atoms with Crippen LogP contribution in [0.1, 0.15) is 5.56 Å². The number of alkyl halides is 3. The van der Waals surface area contributed by atoms with E-state index in [-0.39, 0.29) is 34.7 Å². The number of aromatic amines is 1. The second kappa shape index (κ2) is 9.15. The smallest absolute Gasteiger partial charge is 0.417 e. The van der Waals surface area contributed by atoms with Crippen LogP contribution < -0.4 is 16.6 Å². The van der Waals surface area contributed by atoms with Gasteiger partial charge in [-0.25, -0.2) is 9.78 Å². The Hall–Kier alpha value is -2.47. The Kier molecular flexibility index (Phi) is 7.13. The lowest BCUT2D eigenvalue weighted by Gasteiger charge is -2.11. The van der Waals surface area contributed by atoms with E-state index in [1.807, 2.05) is 0 Å². The molecule has 28 heavy (non-hydrogen) atoms. The summed E-state index contributed by atoms with van der Waals surface area (Å²) in [5, 5.41) is 2.63. The first-order valence-electron chi connectivity index (χ1n) is 7.62. The Labute approximate surface area is 165 Å². The van der Waals surface area contributed by atoms with Gasteiger partial charge in [0, 0.05) is 25.4 Å². The molecule has 0 amide bonds. The van der Waals surface area contributed by atoms with Gasteiger partial charge in [0.15, 0.2) is 0 Å². The highest BCUT2D eigenvalue weighted by Crippen LogP contribution is 2.32. The Balaban J connectivity index is 2.02. The summed E-state index contributed by atoms with van der Waals surface area (Å²) >= 11 is 6.71. The van der Waals surface area contributed by atoms with Crippen molar-refractivity contribution in [3.8, 4) is 0 Å². The quantitative estimate of drug-likeness (QED) is 0.387. The topological polar surface area (TPSA) is 106 Å². The van der Waals surface area contributed by atoms with E-state index >= 15 is 0 Å². The van der Waals surface area contributed by atoms with Gasteiger partial charge in [-0.3, -0.25) is 14.2 Å². The molecule has 0 aliphatic carbocycles. The number of pyridine rings is 1. The number of carbonyl (C=O) groups is 1. The number of nitrogens with one attached hydrogen (secondary N) is 2. The summed E-state index contributed by atoms with van der Waals surface area (Å²) in [6, 6.07) is 1.88. The standard InChI is InChI=1S/C15H14ClF3N4O4S/c1-27-12(25)7-28-10-5-11(24)23(14(26)22-10)3-2-20-13-9(16)4-8(6-21-13)15(17,18)19/h4-6H,2-3,7H2,1H3,(H,20,21)(H,22,26). The minimum Gasteiger partial charge on any atom is -0.468 e. The fourth-order valence-electron chi connectivity index (χ4n) is 1.99. The fourth-order valence-corrected chi connectivity index (χ4v) is 2.96. The van der Waals surface area contributed by atoms with Crippen molar-refractivity contribution in [2.75, 3.05) is 24.7 Å². The van der Waals surface area contributed by atoms with Crippen molar-refractivity contribution in [1.82, 2.24) is 14.5 Å². The molecule has 13 heteroatoms. The highest BCUT2D eigenvalue weighted by molar-refractivity contribution is 7.99. The Bertz CT molecular complexity index is 946. The SMILES string of the molecule is COC(=O)CSc1cc(=O)n(CCNc2ncc(C(F)(F)F)cc2Cl)c(=O)[nH]1. The number of esters is 1. The first kappa shape index (κ1) is 21.8. The number of rotatable bonds is 7. The normalized spacial score (nSPS) is 11.3. The zero-order valence-corrected chi connectivity index (χ0v) is 15.9. The summed E-state index contributed by atoms with van der Waals surface area (Å²) in [7, 11) is 1.22. The van der Waals surface area contributed by atoms with Crippen LogP contribution in [0.2, 0.25) is 5.02 Å². The van der Waals surface area contributed by atoms with E-state index in [4.69, 9.17) is 11.6 Å². The molecule has 2 heterocycles. The van der Waals surface area contributed by atoms with Crippen LogP contribution in [0, 0.1) is 0 Å². The van der Waals surface area contributed by atoms with Gasteiger partial charge in [-0.1, -0.05) is 23.4 Å². The van der Waals surface area contributed by atoms with Gasteiger partial charge in [0.2, 0.25) is 0 Å². The van der Waals surface area contributed by atoms with Crippen molar-refractivity contribution in [2.45, 2.75) is 17.7 Å². The van der Waals surface area contributed by atoms with Crippen LogP contribution in [0.3, 0.4) is 0 Å². The molecule has 0 saturated carbocycles. The molecule has 0 unspecified atom stereocenters. The third kappa shape index (κ3) is 5.76. The lowest BCUT2D eigenvalue weighted by molar-refractivity contribution is -0.138. The molecule has 2 aromatic rings. The molecule has 0 aliphatic heterocycles. The van der Waals surface area contributed by atoms with Crippen molar-refractivity contribution in [3.63, 3.8) is 0 Å². The zero-order valence-electron chi connectivity index (χ0n) is 14.3. The van der Waals surface area contributed by atoms with E-state index in [0.717, 1.165) is 28.5 Å². The molecule has 0 radical (unpaired) electrons. The van der Waals surface area contributed by atoms with E-state index in [2.05, 4.69) is 20.0 Å². The highest BCUT2D eigenvalue weighted by Gasteiger charge is 2.31. The van der Waals surface area contributed by atoms with Gasteiger partial charge < -0.3 is 15.0 Å². The molecule has 2 aromatic heterocycles. The Morgan fingerprint density at radius 3 is 2.68 bits per heavy atom. The summed E-state index contributed by atoms with van der Waals surface area (Å²) in [6.07, 6.45) is -3.94. The largest absolute Gasteiger partial charge is 0.468 e. The van der Waals surface area contributed by atoms with Crippen molar-refractivity contribution in [3.05, 3.63) is 49.8 Å². The molecule has 0 bridgehead atoms. The van der Waals surface area contributed by atoms with Crippen molar-refractivity contribution < 1.29 is 22.7 Å². The van der Waals surface area contributed by atoms with Crippen LogP contribution in [-0.4, -0.2) is 39.9 Å². The van der Waals surface area contributed by atoms with Gasteiger partial charge in [-0.05, 0) is 6.07 Å². The summed E-state index contributed by atoms with van der Waals surface area (Å²) in [6.45, 7) is -0.0785. The number of halogens is 4. The first-order chi connectivity index (χ1) is 13.1. The number of anilines is 1. The van der Waals surface area contributed by atoms with Gasteiger partial charge >= 0.3 is 17.8 Å². The van der Waals surface area contributed by atoms with Crippen LogP contribution in [0.15, 0.2) is 32.9 Å². The molecule has 0 spiro atoms. The zero-order chi connectivity index (χ0) is 20.9. The van der Waals surface area contributed by atoms with E-state index in [1.165, 1.54) is 7.11 Å². The monoisotopic (exact) mass is 438 g/mol. The third-order valence-corrected chi connectivity index (χ3v) is 4.56. The van der Waals surface area contributed by atoms with Gasteiger partial charge in [-0.2, -0.15) is 13.2 Å². The number of H-pyrrole nitrogens is 1. The average Bonchev–Trinajstić information content (AvgIpc) is 2.62. The van der Waals surface area contributed by atoms with Crippen molar-refractivity contribution >= 4 is 35.1 Å². The van der Waals surface area contributed by atoms with Crippen LogP contribution in [-0.2, 0) is 22.3 Å². The number of aromatic nitrogens is 3. The fraction of sp³-hybridized carbons (Fsp3) is 0.333. The van der Waals surface area contributed by atoms with Crippen molar-refractivity contribution in [1.29, 1.82) is 0 Å². The molecule has 0 fully saturated rings. The number of carbonyl (C=O) groups excluding carboxylic acids is 1. The average molecular weight is 439 g/mol. The summed E-state index contributed by atoms with van der Waals surface area (Å²) in [4.78, 5) is 41.2. The predicted molar refractivity (Wildman–Crippen MR) is 96.8 cm³/mol. The van der Waals surface area contributed by atoms with Gasteiger partial charge in [0.05, 0.1) is 28.5 Å². The van der Waals surface area contributed by atoms with E-state index in [1.54, 1.807) is 0 Å². The summed E-state index contributed by atoms with van der Waals surface area (Å²) in [5.41, 5.74) is -2.30. The van der Waals surface area contributed by atoms with Crippen LogP contribution in [0.25, 0.3) is 0 Å². The number of nitrogens with zero attached hydrogens (tertiary/aromatic N) is 2. The van der Waals surface area contributed by atoms with E-state index in [0.29, 0.717) is 6.20 Å². The van der Waals surface area contributed by atoms with Crippen molar-refractivity contribution in [2.24, 2.45) is 0 Å². The summed E-state index contributed by atoms with van der Waals surface area (Å²) < 4.78 is 43.1. The molecule has 0 aromatic carbocycles. The number of hydrogen-bond acceptors (Lipinski definition) is 7. The first-order valence-corrected chi connectivity index (χ1v) is 8.98. The lowest BCUT2D eigenvalue weighted by Crippen LogP contribution is -2.36. The molecule has 2 N–H and O–H groups in total. The molecular formula is C15H14ClF3N4O4S. The number of ether oxygens (including phenoxy) is 1. The van der Waals surface area contributed by atoms with Crippen LogP contribution in [0.4, 0.5) is 19.0 Å². The molecule has 8 nitrogen and oxygen atoms in total. The maximum atomic E-state index is 12.6. The molecular weight excluding hydrogens is 425 g/mol. The minimum atomic E-state index is -4.57. The maximum absolute atomic E-state index is 12.6. The third-order valence-electron chi connectivity index (χ3n) is 3.37.